The third-order valence-electron chi connectivity index (χ3n) is 2.45. The Labute approximate surface area is 117 Å². The molecule has 0 aromatic carbocycles. The highest BCUT2D eigenvalue weighted by Crippen LogP contribution is 2.34. The van der Waals surface area contributed by atoms with Crippen molar-refractivity contribution in [2.24, 2.45) is 0 Å². The highest BCUT2D eigenvalue weighted by molar-refractivity contribution is 9.11. The molecule has 0 amide bonds. The van der Waals surface area contributed by atoms with Gasteiger partial charge in [0.2, 0.25) is 10.0 Å². The number of sulfonamides is 1. The molecular formula is C9H12BrNO3S3. The molecule has 0 spiro atoms. The molecule has 1 N–H and O–H groups in total. The zero-order valence-corrected chi connectivity index (χ0v) is 13.0. The lowest BCUT2D eigenvalue weighted by Gasteiger charge is -2.25. The number of aliphatic hydroxyl groups is 1. The van der Waals surface area contributed by atoms with E-state index in [4.69, 9.17) is 5.11 Å². The normalized spacial score (nSPS) is 18.5. The number of thiophene rings is 1. The summed E-state index contributed by atoms with van der Waals surface area (Å²) in [6.07, 6.45) is 0. The van der Waals surface area contributed by atoms with E-state index in [1.165, 1.54) is 15.6 Å². The van der Waals surface area contributed by atoms with Crippen molar-refractivity contribution in [3.05, 3.63) is 14.7 Å². The van der Waals surface area contributed by atoms with Crippen LogP contribution < -0.4 is 0 Å². The fraction of sp³-hybridized carbons (Fsp3) is 0.556. The number of hydrogen-bond acceptors (Lipinski definition) is 5. The monoisotopic (exact) mass is 357 g/mol. The second kappa shape index (κ2) is 5.58. The molecule has 2 heterocycles. The zero-order chi connectivity index (χ0) is 12.5. The van der Waals surface area contributed by atoms with Gasteiger partial charge in [0.05, 0.1) is 10.4 Å². The lowest BCUT2D eigenvalue weighted by atomic mass is 10.5. The van der Waals surface area contributed by atoms with Gasteiger partial charge < -0.3 is 5.11 Å². The zero-order valence-electron chi connectivity index (χ0n) is 8.93. The van der Waals surface area contributed by atoms with Crippen LogP contribution in [-0.2, 0) is 16.6 Å². The number of nitrogens with zero attached hydrogens (tertiary/aromatic N) is 1. The molecule has 1 aliphatic rings. The molecule has 8 heteroatoms. The van der Waals surface area contributed by atoms with Crippen molar-refractivity contribution >= 4 is 49.1 Å². The van der Waals surface area contributed by atoms with E-state index >= 15 is 0 Å². The minimum atomic E-state index is -3.41. The van der Waals surface area contributed by atoms with E-state index in [-0.39, 0.29) is 11.5 Å². The van der Waals surface area contributed by atoms with Gasteiger partial charge in [-0.05, 0) is 22.0 Å². The molecule has 0 bridgehead atoms. The van der Waals surface area contributed by atoms with Crippen molar-refractivity contribution in [2.45, 2.75) is 11.5 Å². The molecule has 4 nitrogen and oxygen atoms in total. The van der Waals surface area contributed by atoms with Crippen LogP contribution in [-0.4, -0.2) is 42.4 Å². The molecule has 1 fully saturated rings. The Hall–Kier alpha value is 0.400. The SMILES string of the molecule is O=S(=O)(c1cc(CO)sc1Br)N1CCSCC1. The molecule has 1 aliphatic heterocycles. The second-order valence-electron chi connectivity index (χ2n) is 3.53. The van der Waals surface area contributed by atoms with Crippen molar-refractivity contribution in [1.29, 1.82) is 0 Å². The predicted molar refractivity (Wildman–Crippen MR) is 74.0 cm³/mol. The van der Waals surface area contributed by atoms with Crippen molar-refractivity contribution in [2.75, 3.05) is 24.6 Å². The first kappa shape index (κ1) is 13.8. The van der Waals surface area contributed by atoms with Crippen LogP contribution in [0.2, 0.25) is 0 Å². The van der Waals surface area contributed by atoms with E-state index in [9.17, 15) is 8.42 Å². The first-order valence-corrected chi connectivity index (χ1v) is 9.23. The number of thioether (sulfide) groups is 1. The van der Waals surface area contributed by atoms with Crippen molar-refractivity contribution < 1.29 is 13.5 Å². The van der Waals surface area contributed by atoms with E-state index < -0.39 is 10.0 Å². The third kappa shape index (κ3) is 2.87. The quantitative estimate of drug-likeness (QED) is 0.894. The summed E-state index contributed by atoms with van der Waals surface area (Å²) in [6.45, 7) is 0.988. The summed E-state index contributed by atoms with van der Waals surface area (Å²) in [5, 5.41) is 9.03. The van der Waals surface area contributed by atoms with Gasteiger partial charge in [-0.25, -0.2) is 8.42 Å². The van der Waals surface area contributed by atoms with E-state index in [1.54, 1.807) is 17.8 Å². The molecular weight excluding hydrogens is 346 g/mol. The van der Waals surface area contributed by atoms with Crippen LogP contribution in [0.15, 0.2) is 14.7 Å². The smallest absolute Gasteiger partial charge is 0.245 e. The van der Waals surface area contributed by atoms with Gasteiger partial charge in [0.15, 0.2) is 0 Å². The summed E-state index contributed by atoms with van der Waals surface area (Å²) < 4.78 is 26.8. The lowest BCUT2D eigenvalue weighted by molar-refractivity contribution is 0.285. The van der Waals surface area contributed by atoms with Gasteiger partial charge in [-0.15, -0.1) is 11.3 Å². The molecule has 17 heavy (non-hydrogen) atoms. The highest BCUT2D eigenvalue weighted by Gasteiger charge is 2.29. The maximum atomic E-state index is 12.3. The Morgan fingerprint density at radius 3 is 2.59 bits per heavy atom. The summed E-state index contributed by atoms with van der Waals surface area (Å²) in [4.78, 5) is 0.931. The van der Waals surface area contributed by atoms with Gasteiger partial charge in [0.25, 0.3) is 0 Å². The molecule has 0 saturated carbocycles. The van der Waals surface area contributed by atoms with Crippen LogP contribution in [0, 0.1) is 0 Å². The minimum Gasteiger partial charge on any atom is -0.391 e. The Morgan fingerprint density at radius 1 is 1.41 bits per heavy atom. The maximum absolute atomic E-state index is 12.3. The van der Waals surface area contributed by atoms with Gasteiger partial charge in [-0.3, -0.25) is 0 Å². The first-order chi connectivity index (χ1) is 8.05. The van der Waals surface area contributed by atoms with E-state index in [2.05, 4.69) is 15.9 Å². The van der Waals surface area contributed by atoms with Crippen LogP contribution in [0.5, 0.6) is 0 Å². The number of halogens is 1. The van der Waals surface area contributed by atoms with Gasteiger partial charge >= 0.3 is 0 Å². The lowest BCUT2D eigenvalue weighted by Crippen LogP contribution is -2.37. The second-order valence-corrected chi connectivity index (χ2v) is 9.11. The van der Waals surface area contributed by atoms with Gasteiger partial charge in [-0.2, -0.15) is 16.1 Å². The average Bonchev–Trinajstić information content (AvgIpc) is 2.72. The van der Waals surface area contributed by atoms with Crippen molar-refractivity contribution in [3.63, 3.8) is 0 Å². The largest absolute Gasteiger partial charge is 0.391 e. The Morgan fingerprint density at radius 2 is 2.06 bits per heavy atom. The molecule has 1 saturated heterocycles. The predicted octanol–water partition coefficient (Wildman–Crippen LogP) is 1.74. The van der Waals surface area contributed by atoms with E-state index in [1.807, 2.05) is 0 Å². The molecule has 0 radical (unpaired) electrons. The number of aliphatic hydroxyl groups excluding tert-OH is 1. The first-order valence-electron chi connectivity index (χ1n) is 5.02. The maximum Gasteiger partial charge on any atom is 0.245 e. The van der Waals surface area contributed by atoms with Crippen LogP contribution in [0.25, 0.3) is 0 Å². The number of hydrogen-bond donors (Lipinski definition) is 1. The Bertz CT molecular complexity index is 494. The molecule has 1 aromatic heterocycles. The average molecular weight is 358 g/mol. The standard InChI is InChI=1S/C9H12BrNO3S3/c10-9-8(5-7(6-12)16-9)17(13,14)11-1-3-15-4-2-11/h5,12H,1-4,6H2. The summed E-state index contributed by atoms with van der Waals surface area (Å²) >= 11 is 6.29. The van der Waals surface area contributed by atoms with Crippen LogP contribution in [0.4, 0.5) is 0 Å². The fourth-order valence-electron chi connectivity index (χ4n) is 1.58. The summed E-state index contributed by atoms with van der Waals surface area (Å²) in [6, 6.07) is 1.55. The topological polar surface area (TPSA) is 57.6 Å². The summed E-state index contributed by atoms with van der Waals surface area (Å²) in [5.41, 5.74) is 0. The fourth-order valence-corrected chi connectivity index (χ4v) is 6.65. The minimum absolute atomic E-state index is 0.130. The van der Waals surface area contributed by atoms with Crippen LogP contribution >= 0.6 is 39.0 Å². The highest BCUT2D eigenvalue weighted by atomic mass is 79.9. The molecule has 2 rings (SSSR count). The van der Waals surface area contributed by atoms with Crippen molar-refractivity contribution in [1.82, 2.24) is 4.31 Å². The molecule has 96 valence electrons. The van der Waals surface area contributed by atoms with E-state index in [0.717, 1.165) is 11.5 Å². The van der Waals surface area contributed by atoms with E-state index in [0.29, 0.717) is 21.8 Å². The van der Waals surface area contributed by atoms with Crippen LogP contribution in [0.3, 0.4) is 0 Å². The molecule has 0 unspecified atom stereocenters. The van der Waals surface area contributed by atoms with Crippen LogP contribution in [0.1, 0.15) is 4.88 Å². The molecule has 1 aromatic rings. The van der Waals surface area contributed by atoms with Crippen molar-refractivity contribution in [3.8, 4) is 0 Å². The summed E-state index contributed by atoms with van der Waals surface area (Å²) in [7, 11) is -3.41. The number of rotatable bonds is 3. The third-order valence-corrected chi connectivity index (χ3v) is 7.53. The Balaban J connectivity index is 2.33. The Kier molecular flexibility index (Phi) is 4.54. The summed E-state index contributed by atoms with van der Waals surface area (Å²) in [5.74, 6) is 1.68. The van der Waals surface area contributed by atoms with Gasteiger partial charge in [-0.1, -0.05) is 0 Å². The van der Waals surface area contributed by atoms with Gasteiger partial charge in [0.1, 0.15) is 4.90 Å². The molecule has 0 atom stereocenters. The van der Waals surface area contributed by atoms with Gasteiger partial charge in [0, 0.05) is 29.5 Å². The molecule has 0 aliphatic carbocycles.